The first-order valence-electron chi connectivity index (χ1n) is 13.0. The van der Waals surface area contributed by atoms with E-state index in [9.17, 15) is 15.0 Å². The standard InChI is InChI=1S/C29H39NO6/c1-2-3-4-5-6-7-11-21(12-10-18-34-22-15-16-24(30)25(31)20-22)28-23-13-8-9-14-26(23)36-27(29(32)33)17-19-35-28/h8-9,13-16,20,27,31H,2-7,10-12,17-19,30H2,1H3,(H,32,33). The number of benzene rings is 2. The molecule has 4 N–H and O–H groups in total. The maximum Gasteiger partial charge on any atom is 0.345 e. The Morgan fingerprint density at radius 3 is 2.58 bits per heavy atom. The second kappa shape index (κ2) is 14.3. The van der Waals surface area contributed by atoms with Gasteiger partial charge in [0.25, 0.3) is 0 Å². The number of carboxylic acid groups (broad SMARTS) is 1. The van der Waals surface area contributed by atoms with E-state index >= 15 is 0 Å². The smallest absolute Gasteiger partial charge is 0.345 e. The lowest BCUT2D eigenvalue weighted by Gasteiger charge is -2.25. The number of hydrogen-bond donors (Lipinski definition) is 3. The Labute approximate surface area is 213 Å². The van der Waals surface area contributed by atoms with Crippen LogP contribution < -0.4 is 15.2 Å². The Hall–Kier alpha value is -3.35. The first-order chi connectivity index (χ1) is 17.5. The average molecular weight is 498 g/mol. The summed E-state index contributed by atoms with van der Waals surface area (Å²) in [6.07, 6.45) is 9.01. The molecule has 0 saturated carbocycles. The number of carboxylic acids is 1. The summed E-state index contributed by atoms with van der Waals surface area (Å²) in [5.41, 5.74) is 7.98. The molecule has 3 rings (SSSR count). The van der Waals surface area contributed by atoms with Crippen LogP contribution in [0, 0.1) is 0 Å². The van der Waals surface area contributed by atoms with Gasteiger partial charge < -0.3 is 30.2 Å². The lowest BCUT2D eigenvalue weighted by molar-refractivity contribution is -0.145. The molecule has 7 heteroatoms. The largest absolute Gasteiger partial charge is 0.506 e. The molecule has 7 nitrogen and oxygen atoms in total. The fourth-order valence-corrected chi connectivity index (χ4v) is 4.34. The van der Waals surface area contributed by atoms with Crippen molar-refractivity contribution in [1.82, 2.24) is 0 Å². The summed E-state index contributed by atoms with van der Waals surface area (Å²) in [6.45, 7) is 2.98. The third-order valence-corrected chi connectivity index (χ3v) is 6.35. The molecule has 1 atom stereocenters. The van der Waals surface area contributed by atoms with Crippen molar-refractivity contribution in [1.29, 1.82) is 0 Å². The highest BCUT2D eigenvalue weighted by atomic mass is 16.5. The summed E-state index contributed by atoms with van der Waals surface area (Å²) in [7, 11) is 0. The molecule has 0 bridgehead atoms. The molecule has 0 saturated heterocycles. The van der Waals surface area contributed by atoms with Gasteiger partial charge in [-0.3, -0.25) is 0 Å². The normalized spacial score (nSPS) is 16.6. The summed E-state index contributed by atoms with van der Waals surface area (Å²) in [6, 6.07) is 12.4. The fraction of sp³-hybridized carbons (Fsp3) is 0.483. The van der Waals surface area contributed by atoms with E-state index in [2.05, 4.69) is 6.92 Å². The van der Waals surface area contributed by atoms with Gasteiger partial charge in [-0.15, -0.1) is 0 Å². The van der Waals surface area contributed by atoms with Gasteiger partial charge in [-0.2, -0.15) is 0 Å². The number of phenolic OH excluding ortho intramolecular Hbond substituents is 1. The van der Waals surface area contributed by atoms with Crippen molar-refractivity contribution < 1.29 is 29.2 Å². The van der Waals surface area contributed by atoms with Crippen LogP contribution >= 0.6 is 0 Å². The van der Waals surface area contributed by atoms with Crippen LogP contribution in [-0.4, -0.2) is 35.5 Å². The van der Waals surface area contributed by atoms with Gasteiger partial charge in [0.2, 0.25) is 0 Å². The number of ether oxygens (including phenoxy) is 3. The van der Waals surface area contributed by atoms with Crippen LogP contribution in [0.15, 0.2) is 48.0 Å². The Morgan fingerprint density at radius 2 is 1.81 bits per heavy atom. The van der Waals surface area contributed by atoms with Gasteiger partial charge in [-0.25, -0.2) is 4.79 Å². The Balaban J connectivity index is 1.75. The van der Waals surface area contributed by atoms with Crippen molar-refractivity contribution >= 4 is 17.4 Å². The minimum Gasteiger partial charge on any atom is -0.506 e. The van der Waals surface area contributed by atoms with E-state index in [-0.39, 0.29) is 18.8 Å². The number of aromatic hydroxyl groups is 1. The number of aliphatic carboxylic acids is 1. The van der Waals surface area contributed by atoms with E-state index in [1.807, 2.05) is 18.2 Å². The maximum atomic E-state index is 11.6. The zero-order valence-electron chi connectivity index (χ0n) is 21.2. The van der Waals surface area contributed by atoms with Crippen LogP contribution in [-0.2, 0) is 9.53 Å². The first-order valence-corrected chi connectivity index (χ1v) is 13.0. The van der Waals surface area contributed by atoms with Crippen molar-refractivity contribution in [3.05, 3.63) is 53.6 Å². The molecule has 36 heavy (non-hydrogen) atoms. The highest BCUT2D eigenvalue weighted by molar-refractivity contribution is 5.74. The average Bonchev–Trinajstić information content (AvgIpc) is 2.85. The number of anilines is 1. The molecule has 0 radical (unpaired) electrons. The van der Waals surface area contributed by atoms with Crippen molar-refractivity contribution in [3.8, 4) is 17.2 Å². The number of carbonyl (C=O) groups is 1. The third-order valence-electron chi connectivity index (χ3n) is 6.35. The van der Waals surface area contributed by atoms with E-state index < -0.39 is 12.1 Å². The SMILES string of the molecule is CCCCCCCCC(CCCOc1ccc(N)c(O)c1)=C1OCCC(C(=O)O)Oc2ccccc21. The predicted molar refractivity (Wildman–Crippen MR) is 141 cm³/mol. The Bertz CT molecular complexity index is 1020. The zero-order chi connectivity index (χ0) is 25.8. The Morgan fingerprint density at radius 1 is 1.06 bits per heavy atom. The summed E-state index contributed by atoms with van der Waals surface area (Å²) < 4.78 is 18.0. The molecule has 0 spiro atoms. The zero-order valence-corrected chi connectivity index (χ0v) is 21.2. The lowest BCUT2D eigenvalue weighted by atomic mass is 9.97. The molecule has 2 aromatic rings. The fourth-order valence-electron chi connectivity index (χ4n) is 4.34. The van der Waals surface area contributed by atoms with Gasteiger partial charge in [0.05, 0.1) is 24.5 Å². The number of fused-ring (bicyclic) bond motifs is 1. The van der Waals surface area contributed by atoms with Crippen molar-refractivity contribution in [2.75, 3.05) is 18.9 Å². The van der Waals surface area contributed by atoms with Crippen LogP contribution in [0.2, 0.25) is 0 Å². The quantitative estimate of drug-likeness (QED) is 0.163. The van der Waals surface area contributed by atoms with Crippen molar-refractivity contribution in [3.63, 3.8) is 0 Å². The van der Waals surface area contributed by atoms with Crippen LogP contribution in [0.5, 0.6) is 17.2 Å². The van der Waals surface area contributed by atoms with Crippen LogP contribution in [0.3, 0.4) is 0 Å². The number of para-hydroxylation sites is 1. The van der Waals surface area contributed by atoms with E-state index in [1.54, 1.807) is 18.2 Å². The number of unbranched alkanes of at least 4 members (excludes halogenated alkanes) is 5. The topological polar surface area (TPSA) is 111 Å². The predicted octanol–water partition coefficient (Wildman–Crippen LogP) is 6.55. The molecular weight excluding hydrogens is 458 g/mol. The molecule has 0 fully saturated rings. The molecule has 1 aliphatic heterocycles. The second-order valence-corrected chi connectivity index (χ2v) is 9.20. The summed E-state index contributed by atoms with van der Waals surface area (Å²) in [4.78, 5) is 11.6. The molecule has 0 aliphatic carbocycles. The molecule has 1 heterocycles. The summed E-state index contributed by atoms with van der Waals surface area (Å²) in [5, 5.41) is 19.3. The number of hydrogen-bond acceptors (Lipinski definition) is 6. The second-order valence-electron chi connectivity index (χ2n) is 9.20. The number of phenols is 1. The van der Waals surface area contributed by atoms with Gasteiger partial charge in [0, 0.05) is 12.5 Å². The third kappa shape index (κ3) is 8.11. The molecule has 1 aliphatic rings. The summed E-state index contributed by atoms with van der Waals surface area (Å²) in [5.74, 6) is 0.936. The number of rotatable bonds is 13. The number of nitrogen functional groups attached to an aromatic ring is 1. The molecular formula is C29H39NO6. The minimum absolute atomic E-state index is 0.0116. The first kappa shape index (κ1) is 27.2. The number of allylic oxidation sites excluding steroid dienone is 1. The summed E-state index contributed by atoms with van der Waals surface area (Å²) >= 11 is 0. The van der Waals surface area contributed by atoms with Crippen molar-refractivity contribution in [2.45, 2.75) is 77.2 Å². The van der Waals surface area contributed by atoms with Gasteiger partial charge in [0.1, 0.15) is 23.0 Å². The highest BCUT2D eigenvalue weighted by Gasteiger charge is 2.26. The van der Waals surface area contributed by atoms with Crippen LogP contribution in [0.1, 0.15) is 76.7 Å². The van der Waals surface area contributed by atoms with E-state index in [4.69, 9.17) is 19.9 Å². The molecule has 2 aromatic carbocycles. The van der Waals surface area contributed by atoms with Gasteiger partial charge in [-0.05, 0) is 55.5 Å². The Kier molecular flexibility index (Phi) is 10.8. The monoisotopic (exact) mass is 497 g/mol. The van der Waals surface area contributed by atoms with E-state index in [0.29, 0.717) is 23.8 Å². The lowest BCUT2D eigenvalue weighted by Crippen LogP contribution is -2.30. The molecule has 1 unspecified atom stereocenters. The molecule has 196 valence electrons. The minimum atomic E-state index is -0.987. The van der Waals surface area contributed by atoms with Gasteiger partial charge >= 0.3 is 5.97 Å². The van der Waals surface area contributed by atoms with Gasteiger partial charge in [0.15, 0.2) is 6.10 Å². The molecule has 0 amide bonds. The van der Waals surface area contributed by atoms with Gasteiger partial charge in [-0.1, -0.05) is 51.2 Å². The van der Waals surface area contributed by atoms with Crippen molar-refractivity contribution in [2.24, 2.45) is 0 Å². The highest BCUT2D eigenvalue weighted by Crippen LogP contribution is 2.35. The molecule has 0 aromatic heterocycles. The number of nitrogens with two attached hydrogens (primary N) is 1. The maximum absolute atomic E-state index is 11.6. The van der Waals surface area contributed by atoms with Crippen LogP contribution in [0.25, 0.3) is 5.76 Å². The van der Waals surface area contributed by atoms with E-state index in [1.165, 1.54) is 37.3 Å². The van der Waals surface area contributed by atoms with E-state index in [0.717, 1.165) is 43.4 Å². The van der Waals surface area contributed by atoms with Crippen LogP contribution in [0.4, 0.5) is 5.69 Å².